The Morgan fingerprint density at radius 1 is 1.88 bits per heavy atom. The monoisotopic (exact) mass is 159 g/mol. The van der Waals surface area contributed by atoms with Crippen molar-refractivity contribution in [3.63, 3.8) is 0 Å². The fraction of sp³-hybridized carbons (Fsp3) is 0. The average Bonchev–Trinajstić information content (AvgIpc) is 1.21. The van der Waals surface area contributed by atoms with Gasteiger partial charge in [-0.3, -0.25) is 4.55 Å². The van der Waals surface area contributed by atoms with Crippen LogP contribution in [0.15, 0.2) is 0 Å². The van der Waals surface area contributed by atoms with E-state index in [2.05, 4.69) is 15.5 Å². The lowest BCUT2D eigenvalue weighted by Crippen LogP contribution is -2.07. The van der Waals surface area contributed by atoms with Crippen molar-refractivity contribution >= 4 is 20.2 Å². The van der Waals surface area contributed by atoms with Crippen molar-refractivity contribution in [3.8, 4) is 0 Å². The first kappa shape index (κ1) is 7.53. The Morgan fingerprint density at radius 3 is 2.25 bits per heavy atom. The normalized spacial score (nSPS) is 16.6. The van der Waals surface area contributed by atoms with E-state index >= 15 is 0 Å². The minimum absolute atomic E-state index is 1.42. The predicted octanol–water partition coefficient (Wildman–Crippen LogP) is -0.671. The smallest absolute Gasteiger partial charge is 0.286 e. The second kappa shape index (κ2) is 2.20. The number of hydrogen-bond donors (Lipinski definition) is 1. The van der Waals surface area contributed by atoms with Crippen molar-refractivity contribution in [1.82, 2.24) is 0 Å². The van der Waals surface area contributed by atoms with Gasteiger partial charge in [-0.1, -0.05) is 0 Å². The third-order valence-electron chi connectivity index (χ3n) is 0.155. The van der Waals surface area contributed by atoms with Crippen LogP contribution in [-0.4, -0.2) is 13.8 Å². The fourth-order valence-electron chi connectivity index (χ4n) is 0.0769. The van der Waals surface area contributed by atoms with Crippen molar-refractivity contribution in [2.75, 3.05) is 0 Å². The lowest BCUT2D eigenvalue weighted by molar-refractivity contribution is -0.711. The minimum Gasteiger partial charge on any atom is -0.286 e. The largest absolute Gasteiger partial charge is 0.310 e. The summed E-state index contributed by atoms with van der Waals surface area (Å²) in [6.45, 7) is 0. The first-order chi connectivity index (χ1) is 3.42. The summed E-state index contributed by atoms with van der Waals surface area (Å²) >= 11 is 3.58. The molecular formula is HNO5S2. The third kappa shape index (κ3) is 5.53. The van der Waals surface area contributed by atoms with E-state index in [0.29, 0.717) is 0 Å². The van der Waals surface area contributed by atoms with Crippen LogP contribution < -0.4 is 0 Å². The van der Waals surface area contributed by atoms with Crippen molar-refractivity contribution in [2.24, 2.45) is 0 Å². The highest BCUT2D eigenvalue weighted by molar-refractivity contribution is 8.26. The Bertz CT molecular complexity index is 177. The van der Waals surface area contributed by atoms with Gasteiger partial charge in [-0.15, -0.1) is 10.1 Å². The first-order valence-electron chi connectivity index (χ1n) is 1.23. The van der Waals surface area contributed by atoms with Crippen LogP contribution in [0.5, 0.6) is 0 Å². The zero-order chi connectivity index (χ0) is 6.78. The highest BCUT2D eigenvalue weighted by Crippen LogP contribution is 1.84. The topological polar surface area (TPSA) is 89.7 Å². The standard InChI is InChI=1S/HNO5S2/c2-1(3)6-8(4,5)7/h(H,4,5,7). The highest BCUT2D eigenvalue weighted by atomic mass is 32.9. The number of nitrogens with zero attached hydrogens (tertiary/aromatic N) is 1. The van der Waals surface area contributed by atoms with E-state index in [4.69, 9.17) is 4.55 Å². The van der Waals surface area contributed by atoms with Gasteiger partial charge in [-0.05, 0) is 0 Å². The maximum atomic E-state index is 9.70. The summed E-state index contributed by atoms with van der Waals surface area (Å²) in [5, 5.41) is 7.77. The molecule has 0 amide bonds. The lowest BCUT2D eigenvalue weighted by atomic mass is 13.1. The lowest BCUT2D eigenvalue weighted by Gasteiger charge is -1.89. The van der Waals surface area contributed by atoms with Crippen molar-refractivity contribution < 1.29 is 18.1 Å². The zero-order valence-electron chi connectivity index (χ0n) is 3.34. The van der Waals surface area contributed by atoms with Gasteiger partial charge in [0.2, 0.25) is 0 Å². The second-order valence-corrected chi connectivity index (χ2v) is 2.99. The summed E-state index contributed by atoms with van der Waals surface area (Å²) in [4.78, 5) is 9.19. The third-order valence-corrected chi connectivity index (χ3v) is 0.648. The molecule has 0 aromatic rings. The van der Waals surface area contributed by atoms with Gasteiger partial charge < -0.3 is 0 Å². The molecule has 6 nitrogen and oxygen atoms in total. The van der Waals surface area contributed by atoms with E-state index in [1.165, 1.54) is 0 Å². The first-order valence-corrected chi connectivity index (χ1v) is 3.60. The second-order valence-electron chi connectivity index (χ2n) is 0.726. The Hall–Kier alpha value is -0.470. The average molecular weight is 159 g/mol. The van der Waals surface area contributed by atoms with Gasteiger partial charge >= 0.3 is 14.1 Å². The Balaban J connectivity index is 3.95. The summed E-state index contributed by atoms with van der Waals surface area (Å²) < 4.78 is 20.6. The molecule has 0 fully saturated rings. The van der Waals surface area contributed by atoms with E-state index in [9.17, 15) is 14.3 Å². The van der Waals surface area contributed by atoms with Gasteiger partial charge in [0.15, 0.2) is 0 Å². The van der Waals surface area contributed by atoms with Crippen LogP contribution in [0.4, 0.5) is 0 Å². The number of hydrogen-bond acceptors (Lipinski definition) is 5. The van der Waals surface area contributed by atoms with Crippen LogP contribution in [0.2, 0.25) is 0 Å². The Kier molecular flexibility index (Phi) is 2.07. The summed E-state index contributed by atoms with van der Waals surface area (Å²) in [7, 11) is -4.09. The van der Waals surface area contributed by atoms with E-state index in [1.807, 2.05) is 0 Å². The molecule has 0 radical (unpaired) electrons. The molecule has 1 atom stereocenters. The van der Waals surface area contributed by atoms with Gasteiger partial charge in [0.1, 0.15) is 0 Å². The summed E-state index contributed by atoms with van der Waals surface area (Å²) in [5.74, 6) is 0. The molecule has 0 spiro atoms. The molecule has 0 heterocycles. The van der Waals surface area contributed by atoms with Gasteiger partial charge in [-0.25, -0.2) is 4.21 Å². The molecule has 0 aliphatic carbocycles. The van der Waals surface area contributed by atoms with Crippen LogP contribution in [-0.2, 0) is 24.5 Å². The van der Waals surface area contributed by atoms with E-state index in [1.54, 1.807) is 0 Å². The molecule has 8 heteroatoms. The van der Waals surface area contributed by atoms with E-state index in [-0.39, 0.29) is 0 Å². The van der Waals surface area contributed by atoms with Crippen molar-refractivity contribution in [3.05, 3.63) is 10.1 Å². The SMILES string of the molecule is O=[N+]([O-])OS(=O)(O)=S. The van der Waals surface area contributed by atoms with Gasteiger partial charge in [0.25, 0.3) is 0 Å². The molecule has 0 rings (SSSR count). The fourth-order valence-corrected chi connectivity index (χ4v) is 0.380. The molecule has 0 aromatic heterocycles. The van der Waals surface area contributed by atoms with Gasteiger partial charge in [-0.2, -0.15) is 4.28 Å². The van der Waals surface area contributed by atoms with Crippen LogP contribution >= 0.6 is 0 Å². The highest BCUT2D eigenvalue weighted by Gasteiger charge is 2.03. The van der Waals surface area contributed by atoms with Gasteiger partial charge in [0, 0.05) is 11.2 Å². The summed E-state index contributed by atoms with van der Waals surface area (Å²) in [5.41, 5.74) is 0. The molecule has 0 aromatic carbocycles. The van der Waals surface area contributed by atoms with E-state index in [0.717, 1.165) is 0 Å². The predicted molar refractivity (Wildman–Crippen MR) is 26.2 cm³/mol. The molecule has 8 heavy (non-hydrogen) atoms. The molecule has 1 N–H and O–H groups in total. The summed E-state index contributed by atoms with van der Waals surface area (Å²) in [6.07, 6.45) is 0. The maximum Gasteiger partial charge on any atom is 0.310 e. The number of rotatable bonds is 2. The van der Waals surface area contributed by atoms with Crippen LogP contribution in [0.3, 0.4) is 0 Å². The Morgan fingerprint density at radius 2 is 2.25 bits per heavy atom. The van der Waals surface area contributed by atoms with Crippen molar-refractivity contribution in [1.29, 1.82) is 0 Å². The van der Waals surface area contributed by atoms with Crippen molar-refractivity contribution in [2.45, 2.75) is 0 Å². The molecule has 48 valence electrons. The minimum atomic E-state index is -4.09. The molecular weight excluding hydrogens is 158 g/mol. The zero-order valence-corrected chi connectivity index (χ0v) is 4.98. The van der Waals surface area contributed by atoms with Gasteiger partial charge in [0.05, 0.1) is 0 Å². The molecule has 0 saturated heterocycles. The van der Waals surface area contributed by atoms with Crippen LogP contribution in [0.25, 0.3) is 0 Å². The molecule has 1 unspecified atom stereocenters. The van der Waals surface area contributed by atoms with Crippen LogP contribution in [0.1, 0.15) is 0 Å². The Labute approximate surface area is 49.3 Å². The summed E-state index contributed by atoms with van der Waals surface area (Å²) in [6, 6.07) is 0. The maximum absolute atomic E-state index is 9.70. The quantitative estimate of drug-likeness (QED) is 0.424. The molecule has 0 bridgehead atoms. The molecule has 0 saturated carbocycles. The van der Waals surface area contributed by atoms with E-state index < -0.39 is 14.1 Å². The van der Waals surface area contributed by atoms with Crippen LogP contribution in [0, 0.1) is 10.1 Å². The molecule has 0 aliphatic rings. The molecule has 0 aliphatic heterocycles.